The van der Waals surface area contributed by atoms with Gasteiger partial charge in [0.05, 0.1) is 7.11 Å². The number of benzene rings is 2. The molecule has 4 aromatic rings. The molecule has 0 amide bonds. The molecule has 0 saturated carbocycles. The van der Waals surface area contributed by atoms with E-state index in [0.29, 0.717) is 12.4 Å². The van der Waals surface area contributed by atoms with Crippen LogP contribution in [0.1, 0.15) is 11.4 Å². The van der Waals surface area contributed by atoms with E-state index >= 15 is 0 Å². The molecule has 0 aliphatic rings. The number of fused-ring (bicyclic) bond motifs is 1. The maximum absolute atomic E-state index is 5.79. The molecule has 7 heteroatoms. The van der Waals surface area contributed by atoms with Crippen LogP contribution >= 0.6 is 11.3 Å². The summed E-state index contributed by atoms with van der Waals surface area (Å²) in [6.45, 7) is 2.35. The van der Waals surface area contributed by atoms with Crippen LogP contribution in [0.2, 0.25) is 0 Å². The van der Waals surface area contributed by atoms with Crippen molar-refractivity contribution in [3.63, 3.8) is 0 Å². The van der Waals surface area contributed by atoms with Crippen LogP contribution in [0, 0.1) is 6.92 Å². The Kier molecular flexibility index (Phi) is 4.07. The Morgan fingerprint density at radius 1 is 1.04 bits per heavy atom. The summed E-state index contributed by atoms with van der Waals surface area (Å²) in [7, 11) is 1.65. The molecule has 0 fully saturated rings. The van der Waals surface area contributed by atoms with Gasteiger partial charge >= 0.3 is 0 Å². The van der Waals surface area contributed by atoms with Crippen molar-refractivity contribution < 1.29 is 9.47 Å². The Hall–Kier alpha value is -2.93. The summed E-state index contributed by atoms with van der Waals surface area (Å²) < 4.78 is 12.8. The van der Waals surface area contributed by atoms with Gasteiger partial charge in [0.1, 0.15) is 23.1 Å². The van der Waals surface area contributed by atoms with E-state index in [1.165, 1.54) is 16.9 Å². The first-order chi connectivity index (χ1) is 12.2. The Balaban J connectivity index is 1.58. The fourth-order valence-corrected chi connectivity index (χ4v) is 3.26. The first kappa shape index (κ1) is 15.6. The number of rotatable bonds is 5. The second-order valence-corrected chi connectivity index (χ2v) is 6.51. The summed E-state index contributed by atoms with van der Waals surface area (Å²) in [4.78, 5) is 0.736. The minimum atomic E-state index is 0.311. The van der Waals surface area contributed by atoms with Gasteiger partial charge in [-0.05, 0) is 31.2 Å². The fraction of sp³-hybridized carbons (Fsp3) is 0.167. The molecule has 0 aliphatic heterocycles. The monoisotopic (exact) mass is 352 g/mol. The fourth-order valence-electron chi connectivity index (χ4n) is 2.40. The largest absolute Gasteiger partial charge is 0.497 e. The quantitative estimate of drug-likeness (QED) is 0.547. The molecule has 6 nitrogen and oxygen atoms in total. The molecule has 0 unspecified atom stereocenters. The molecule has 0 saturated heterocycles. The average molecular weight is 352 g/mol. The Bertz CT molecular complexity index is 1010. The van der Waals surface area contributed by atoms with E-state index < -0.39 is 0 Å². The molecule has 0 spiro atoms. The maximum Gasteiger partial charge on any atom is 0.235 e. The highest BCUT2D eigenvalue weighted by Crippen LogP contribution is 2.28. The number of ether oxygens (including phenoxy) is 2. The van der Waals surface area contributed by atoms with Gasteiger partial charge in [-0.2, -0.15) is 9.61 Å². The zero-order chi connectivity index (χ0) is 17.2. The summed E-state index contributed by atoms with van der Waals surface area (Å²) in [5.74, 6) is 2.26. The van der Waals surface area contributed by atoms with E-state index in [2.05, 4.69) is 15.3 Å². The first-order valence-electron chi connectivity index (χ1n) is 7.78. The molecule has 126 valence electrons. The summed E-state index contributed by atoms with van der Waals surface area (Å²) in [5, 5.41) is 13.8. The van der Waals surface area contributed by atoms with E-state index in [1.54, 1.807) is 11.6 Å². The number of aromatic nitrogens is 4. The minimum absolute atomic E-state index is 0.311. The Morgan fingerprint density at radius 3 is 2.68 bits per heavy atom. The number of aryl methyl sites for hydroxylation is 1. The normalized spacial score (nSPS) is 11.0. The summed E-state index contributed by atoms with van der Waals surface area (Å²) >= 11 is 1.48. The second kappa shape index (κ2) is 6.52. The molecule has 2 aromatic heterocycles. The van der Waals surface area contributed by atoms with Crippen molar-refractivity contribution in [2.75, 3.05) is 7.11 Å². The molecule has 25 heavy (non-hydrogen) atoms. The molecule has 2 heterocycles. The summed E-state index contributed by atoms with van der Waals surface area (Å²) in [6, 6.07) is 15.7. The smallest absolute Gasteiger partial charge is 0.235 e. The molecule has 0 atom stereocenters. The van der Waals surface area contributed by atoms with Gasteiger partial charge in [-0.15, -0.1) is 10.2 Å². The molecule has 2 aromatic carbocycles. The van der Waals surface area contributed by atoms with Gasteiger partial charge in [0.2, 0.25) is 4.96 Å². The lowest BCUT2D eigenvalue weighted by Gasteiger charge is -2.04. The standard InChI is InChI=1S/C18H16N4O2S/c1-12-6-8-14(9-7-12)24-11-16-19-20-18-22(16)21-17(25-18)13-4-3-5-15(10-13)23-2/h3-10H,11H2,1-2H3. The van der Waals surface area contributed by atoms with Gasteiger partial charge in [0, 0.05) is 5.56 Å². The van der Waals surface area contributed by atoms with Crippen LogP contribution in [-0.2, 0) is 6.61 Å². The minimum Gasteiger partial charge on any atom is -0.497 e. The van der Waals surface area contributed by atoms with Crippen LogP contribution in [-0.4, -0.2) is 26.9 Å². The van der Waals surface area contributed by atoms with E-state index in [1.807, 2.05) is 55.5 Å². The third kappa shape index (κ3) is 3.18. The molecule has 0 radical (unpaired) electrons. The molecule has 0 N–H and O–H groups in total. The zero-order valence-corrected chi connectivity index (χ0v) is 14.7. The highest BCUT2D eigenvalue weighted by molar-refractivity contribution is 7.19. The van der Waals surface area contributed by atoms with Gasteiger partial charge in [0.15, 0.2) is 5.82 Å². The average Bonchev–Trinajstić information content (AvgIpc) is 3.22. The third-order valence-corrected chi connectivity index (χ3v) is 4.71. The predicted molar refractivity (Wildman–Crippen MR) is 96.2 cm³/mol. The number of hydrogen-bond acceptors (Lipinski definition) is 6. The maximum atomic E-state index is 5.79. The van der Waals surface area contributed by atoms with Crippen molar-refractivity contribution in [1.29, 1.82) is 0 Å². The molecule has 0 aliphatic carbocycles. The Labute approximate surface area is 148 Å². The summed E-state index contributed by atoms with van der Waals surface area (Å²) in [6.07, 6.45) is 0. The highest BCUT2D eigenvalue weighted by Gasteiger charge is 2.14. The van der Waals surface area contributed by atoms with Crippen LogP contribution in [0.3, 0.4) is 0 Å². The van der Waals surface area contributed by atoms with Crippen molar-refractivity contribution in [1.82, 2.24) is 19.8 Å². The molecule has 0 bridgehead atoms. The molecule has 4 rings (SSSR count). The zero-order valence-electron chi connectivity index (χ0n) is 13.8. The number of hydrogen-bond donors (Lipinski definition) is 0. The number of nitrogens with zero attached hydrogens (tertiary/aromatic N) is 4. The van der Waals surface area contributed by atoms with Crippen molar-refractivity contribution in [2.45, 2.75) is 13.5 Å². The topological polar surface area (TPSA) is 61.5 Å². The van der Waals surface area contributed by atoms with Crippen LogP contribution < -0.4 is 9.47 Å². The molecular weight excluding hydrogens is 336 g/mol. The lowest BCUT2D eigenvalue weighted by atomic mass is 10.2. The molecular formula is C18H16N4O2S. The van der Waals surface area contributed by atoms with Crippen molar-refractivity contribution in [2.24, 2.45) is 0 Å². The first-order valence-corrected chi connectivity index (χ1v) is 8.59. The van der Waals surface area contributed by atoms with E-state index in [-0.39, 0.29) is 0 Å². The summed E-state index contributed by atoms with van der Waals surface area (Å²) in [5.41, 5.74) is 2.18. The predicted octanol–water partition coefficient (Wildman–Crippen LogP) is 3.75. The van der Waals surface area contributed by atoms with Crippen LogP contribution in [0.5, 0.6) is 11.5 Å². The number of methoxy groups -OCH3 is 1. The highest BCUT2D eigenvalue weighted by atomic mass is 32.1. The Morgan fingerprint density at radius 2 is 1.88 bits per heavy atom. The lowest BCUT2D eigenvalue weighted by molar-refractivity contribution is 0.293. The van der Waals surface area contributed by atoms with Crippen molar-refractivity contribution >= 4 is 16.3 Å². The second-order valence-electron chi connectivity index (χ2n) is 5.55. The van der Waals surface area contributed by atoms with Crippen LogP contribution in [0.25, 0.3) is 15.5 Å². The van der Waals surface area contributed by atoms with Crippen molar-refractivity contribution in [3.8, 4) is 22.1 Å². The lowest BCUT2D eigenvalue weighted by Crippen LogP contribution is -2.02. The van der Waals surface area contributed by atoms with Gasteiger partial charge < -0.3 is 9.47 Å². The third-order valence-electron chi connectivity index (χ3n) is 3.76. The van der Waals surface area contributed by atoms with E-state index in [9.17, 15) is 0 Å². The van der Waals surface area contributed by atoms with Gasteiger partial charge in [-0.3, -0.25) is 0 Å². The van der Waals surface area contributed by atoms with Crippen LogP contribution in [0.15, 0.2) is 48.5 Å². The van der Waals surface area contributed by atoms with E-state index in [4.69, 9.17) is 9.47 Å². The SMILES string of the molecule is COc1cccc(-c2nn3c(COc4ccc(C)cc4)nnc3s2)c1. The van der Waals surface area contributed by atoms with E-state index in [0.717, 1.165) is 27.0 Å². The van der Waals surface area contributed by atoms with Crippen LogP contribution in [0.4, 0.5) is 0 Å². The van der Waals surface area contributed by atoms with Crippen molar-refractivity contribution in [3.05, 3.63) is 59.9 Å². The van der Waals surface area contributed by atoms with Gasteiger partial charge in [-0.1, -0.05) is 41.2 Å². The van der Waals surface area contributed by atoms with Gasteiger partial charge in [0.25, 0.3) is 0 Å². The van der Waals surface area contributed by atoms with Gasteiger partial charge in [-0.25, -0.2) is 0 Å².